The smallest absolute Gasteiger partial charge is 0.416 e. The van der Waals surface area contributed by atoms with Crippen molar-refractivity contribution in [2.75, 3.05) is 18.0 Å². The monoisotopic (exact) mass is 464 g/mol. The van der Waals surface area contributed by atoms with Crippen molar-refractivity contribution >= 4 is 17.9 Å². The molecule has 9 heteroatoms. The molecule has 33 heavy (non-hydrogen) atoms. The lowest BCUT2D eigenvalue weighted by atomic mass is 10.1. The van der Waals surface area contributed by atoms with E-state index in [1.165, 1.54) is 21.9 Å². The predicted octanol–water partition coefficient (Wildman–Crippen LogP) is 5.86. The van der Waals surface area contributed by atoms with E-state index in [9.17, 15) is 22.8 Å². The molecule has 3 rings (SSSR count). The quantitative estimate of drug-likeness (QED) is 0.569. The second-order valence-electron chi connectivity index (χ2n) is 8.82. The van der Waals surface area contributed by atoms with Crippen LogP contribution in [0, 0.1) is 0 Å². The minimum atomic E-state index is -4.48. The lowest BCUT2D eigenvalue weighted by Crippen LogP contribution is -2.45. The highest BCUT2D eigenvalue weighted by Gasteiger charge is 2.37. The summed E-state index contributed by atoms with van der Waals surface area (Å²) in [6.45, 7) is 5.76. The average molecular weight is 464 g/mol. The number of ether oxygens (including phenoxy) is 2. The molecule has 0 spiro atoms. The maximum Gasteiger partial charge on any atom is 0.416 e. The van der Waals surface area contributed by atoms with E-state index in [-0.39, 0.29) is 18.8 Å². The van der Waals surface area contributed by atoms with Crippen LogP contribution in [-0.2, 0) is 22.3 Å². The fourth-order valence-electron chi connectivity index (χ4n) is 3.52. The zero-order valence-electron chi connectivity index (χ0n) is 18.8. The first-order valence-corrected chi connectivity index (χ1v) is 10.6. The molecule has 1 unspecified atom stereocenters. The summed E-state index contributed by atoms with van der Waals surface area (Å²) in [4.78, 5) is 28.3. The van der Waals surface area contributed by atoms with Crippen LogP contribution in [0.25, 0.3) is 0 Å². The van der Waals surface area contributed by atoms with Gasteiger partial charge >= 0.3 is 18.4 Å². The van der Waals surface area contributed by atoms with Gasteiger partial charge in [0.25, 0.3) is 0 Å². The Kier molecular flexibility index (Phi) is 7.19. The molecule has 6 nitrogen and oxygen atoms in total. The molecule has 1 aliphatic heterocycles. The standard InChI is InChI=1S/C24H27F3N2O4/c1-23(2,3)33-22(31)29(19-11-9-18(10-12-19)24(25,26)27)20-13-14-28(15-20)21(30)32-16-17-7-5-4-6-8-17/h4-12,20H,13-16H2,1-3H3. The number of halogens is 3. The van der Waals surface area contributed by atoms with Crippen molar-refractivity contribution in [3.05, 3.63) is 65.7 Å². The number of likely N-dealkylation sites (tertiary alicyclic amines) is 1. The summed E-state index contributed by atoms with van der Waals surface area (Å²) in [7, 11) is 0. The van der Waals surface area contributed by atoms with Crippen molar-refractivity contribution in [1.82, 2.24) is 4.90 Å². The highest BCUT2D eigenvalue weighted by molar-refractivity contribution is 5.89. The summed E-state index contributed by atoms with van der Waals surface area (Å²) in [5, 5.41) is 0. The van der Waals surface area contributed by atoms with Gasteiger partial charge < -0.3 is 14.4 Å². The van der Waals surface area contributed by atoms with Crippen LogP contribution in [0.3, 0.4) is 0 Å². The summed E-state index contributed by atoms with van der Waals surface area (Å²) >= 11 is 0. The van der Waals surface area contributed by atoms with Crippen molar-refractivity contribution in [3.63, 3.8) is 0 Å². The second kappa shape index (κ2) is 9.72. The van der Waals surface area contributed by atoms with Gasteiger partial charge in [0.1, 0.15) is 12.2 Å². The fourth-order valence-corrected chi connectivity index (χ4v) is 3.52. The van der Waals surface area contributed by atoms with Crippen molar-refractivity contribution in [2.24, 2.45) is 0 Å². The third-order valence-corrected chi connectivity index (χ3v) is 5.05. The number of nitrogens with zero attached hydrogens (tertiary/aromatic N) is 2. The Labute approximate surface area is 190 Å². The van der Waals surface area contributed by atoms with Crippen molar-refractivity contribution in [1.29, 1.82) is 0 Å². The molecule has 0 N–H and O–H groups in total. The maximum absolute atomic E-state index is 13.0. The Morgan fingerprint density at radius 3 is 2.24 bits per heavy atom. The molecule has 2 amide bonds. The normalized spacial score (nSPS) is 16.4. The zero-order chi connectivity index (χ0) is 24.2. The summed E-state index contributed by atoms with van der Waals surface area (Å²) in [6, 6.07) is 13.1. The molecule has 0 bridgehead atoms. The van der Waals surface area contributed by atoms with E-state index in [4.69, 9.17) is 9.47 Å². The van der Waals surface area contributed by atoms with E-state index in [0.717, 1.165) is 17.7 Å². The first-order chi connectivity index (χ1) is 15.4. The molecule has 0 aliphatic carbocycles. The highest BCUT2D eigenvalue weighted by atomic mass is 19.4. The molecule has 1 heterocycles. The predicted molar refractivity (Wildman–Crippen MR) is 117 cm³/mol. The fraction of sp³-hybridized carbons (Fsp3) is 0.417. The molecule has 1 saturated heterocycles. The third kappa shape index (κ3) is 6.63. The highest BCUT2D eigenvalue weighted by Crippen LogP contribution is 2.32. The van der Waals surface area contributed by atoms with Gasteiger partial charge in [-0.1, -0.05) is 30.3 Å². The lowest BCUT2D eigenvalue weighted by molar-refractivity contribution is -0.137. The number of hydrogen-bond acceptors (Lipinski definition) is 4. The van der Waals surface area contributed by atoms with Gasteiger partial charge in [0.15, 0.2) is 0 Å². The summed E-state index contributed by atoms with van der Waals surface area (Å²) in [6.07, 6.45) is -5.26. The van der Waals surface area contributed by atoms with Crippen LogP contribution in [0.1, 0.15) is 38.3 Å². The summed E-state index contributed by atoms with van der Waals surface area (Å²) < 4.78 is 49.8. The van der Waals surface area contributed by atoms with Crippen LogP contribution in [0.5, 0.6) is 0 Å². The van der Waals surface area contributed by atoms with E-state index in [2.05, 4.69) is 0 Å². The Bertz CT molecular complexity index is 956. The van der Waals surface area contributed by atoms with E-state index in [1.807, 2.05) is 30.3 Å². The van der Waals surface area contributed by atoms with Crippen LogP contribution in [-0.4, -0.2) is 41.8 Å². The number of carbonyl (C=O) groups is 2. The molecule has 1 aliphatic rings. The minimum absolute atomic E-state index is 0.121. The van der Waals surface area contributed by atoms with Crippen LogP contribution in [0.15, 0.2) is 54.6 Å². The van der Waals surface area contributed by atoms with E-state index in [0.29, 0.717) is 13.0 Å². The Morgan fingerprint density at radius 2 is 1.67 bits per heavy atom. The van der Waals surface area contributed by atoms with Crippen LogP contribution >= 0.6 is 0 Å². The topological polar surface area (TPSA) is 59.1 Å². The van der Waals surface area contributed by atoms with Gasteiger partial charge in [-0.15, -0.1) is 0 Å². The number of hydrogen-bond donors (Lipinski definition) is 0. The van der Waals surface area contributed by atoms with Crippen molar-refractivity contribution < 1.29 is 32.2 Å². The number of amides is 2. The largest absolute Gasteiger partial charge is 0.445 e. The van der Waals surface area contributed by atoms with Crippen LogP contribution in [0.2, 0.25) is 0 Å². The SMILES string of the molecule is CC(C)(C)OC(=O)N(c1ccc(C(F)(F)F)cc1)C1CCN(C(=O)OCc2ccccc2)C1. The van der Waals surface area contributed by atoms with Gasteiger partial charge in [-0.25, -0.2) is 9.59 Å². The van der Waals surface area contributed by atoms with Gasteiger partial charge in [-0.05, 0) is 57.0 Å². The molecule has 0 aromatic heterocycles. The molecule has 178 valence electrons. The van der Waals surface area contributed by atoms with Gasteiger partial charge in [0, 0.05) is 18.8 Å². The summed E-state index contributed by atoms with van der Waals surface area (Å²) in [5.74, 6) is 0. The number of alkyl halides is 3. The van der Waals surface area contributed by atoms with E-state index < -0.39 is 35.6 Å². The van der Waals surface area contributed by atoms with Gasteiger partial charge in [0.2, 0.25) is 0 Å². The molecule has 1 atom stereocenters. The minimum Gasteiger partial charge on any atom is -0.445 e. The van der Waals surface area contributed by atoms with Crippen molar-refractivity contribution in [3.8, 4) is 0 Å². The van der Waals surface area contributed by atoms with Crippen LogP contribution < -0.4 is 4.90 Å². The number of rotatable bonds is 4. The molecule has 2 aromatic carbocycles. The Hall–Kier alpha value is -3.23. The lowest BCUT2D eigenvalue weighted by Gasteiger charge is -2.31. The van der Waals surface area contributed by atoms with Gasteiger partial charge in [-0.2, -0.15) is 13.2 Å². The molecular weight excluding hydrogens is 437 g/mol. The first-order valence-electron chi connectivity index (χ1n) is 10.6. The maximum atomic E-state index is 13.0. The third-order valence-electron chi connectivity index (χ3n) is 5.05. The number of carbonyl (C=O) groups excluding carboxylic acids is 2. The average Bonchev–Trinajstić information content (AvgIpc) is 3.21. The van der Waals surface area contributed by atoms with E-state index >= 15 is 0 Å². The first kappa shape index (κ1) is 24.4. The second-order valence-corrected chi connectivity index (χ2v) is 8.82. The molecule has 1 fully saturated rings. The molecular formula is C24H27F3N2O4. The Balaban J connectivity index is 1.74. The summed E-state index contributed by atoms with van der Waals surface area (Å²) in [5.41, 5.74) is -0.495. The zero-order valence-corrected chi connectivity index (χ0v) is 18.8. The number of benzene rings is 2. The Morgan fingerprint density at radius 1 is 1.03 bits per heavy atom. The van der Waals surface area contributed by atoms with Gasteiger partial charge in [0.05, 0.1) is 11.6 Å². The van der Waals surface area contributed by atoms with Crippen molar-refractivity contribution in [2.45, 2.75) is 51.6 Å². The van der Waals surface area contributed by atoms with Crippen LogP contribution in [0.4, 0.5) is 28.4 Å². The molecule has 0 saturated carbocycles. The molecule has 2 aromatic rings. The van der Waals surface area contributed by atoms with E-state index in [1.54, 1.807) is 20.8 Å². The van der Waals surface area contributed by atoms with Gasteiger partial charge in [-0.3, -0.25) is 4.90 Å². The number of anilines is 1. The molecule has 0 radical (unpaired) electrons.